The molecule has 0 radical (unpaired) electrons. The lowest BCUT2D eigenvalue weighted by Crippen LogP contribution is -2.15. The van der Waals surface area contributed by atoms with E-state index in [1.165, 1.54) is 0 Å². The summed E-state index contributed by atoms with van der Waals surface area (Å²) in [6, 6.07) is 11.3. The van der Waals surface area contributed by atoms with E-state index >= 15 is 0 Å². The van der Waals surface area contributed by atoms with E-state index in [-0.39, 0.29) is 5.91 Å². The number of rotatable bonds is 3. The van der Waals surface area contributed by atoms with Crippen LogP contribution in [0.3, 0.4) is 0 Å². The van der Waals surface area contributed by atoms with Gasteiger partial charge in [0, 0.05) is 14.6 Å². The molecule has 5 heteroatoms. The SMILES string of the molecule is Cc1cc(N)cc(Br)c1NC(=O)Cc1ccc(Br)cc1. The maximum atomic E-state index is 12.1. The van der Waals surface area contributed by atoms with E-state index in [1.54, 1.807) is 6.07 Å². The normalized spacial score (nSPS) is 10.3. The van der Waals surface area contributed by atoms with E-state index in [1.807, 2.05) is 37.3 Å². The van der Waals surface area contributed by atoms with E-state index in [0.29, 0.717) is 12.1 Å². The Morgan fingerprint density at radius 1 is 1.20 bits per heavy atom. The fourth-order valence-corrected chi connectivity index (χ4v) is 2.84. The van der Waals surface area contributed by atoms with E-state index in [0.717, 1.165) is 25.8 Å². The second-order valence-electron chi connectivity index (χ2n) is 4.55. The van der Waals surface area contributed by atoms with Crippen LogP contribution in [0.15, 0.2) is 45.3 Å². The van der Waals surface area contributed by atoms with Gasteiger partial charge >= 0.3 is 0 Å². The summed E-state index contributed by atoms with van der Waals surface area (Å²) in [6.45, 7) is 1.91. The molecule has 0 unspecified atom stereocenters. The third-order valence-corrected chi connectivity index (χ3v) is 4.01. The molecule has 0 heterocycles. The summed E-state index contributed by atoms with van der Waals surface area (Å²) in [4.78, 5) is 12.1. The Labute approximate surface area is 134 Å². The third-order valence-electron chi connectivity index (χ3n) is 2.85. The summed E-state index contributed by atoms with van der Waals surface area (Å²) in [5, 5.41) is 2.92. The van der Waals surface area contributed by atoms with E-state index in [2.05, 4.69) is 37.2 Å². The highest BCUT2D eigenvalue weighted by Gasteiger charge is 2.10. The summed E-state index contributed by atoms with van der Waals surface area (Å²) >= 11 is 6.79. The van der Waals surface area contributed by atoms with Gasteiger partial charge in [-0.15, -0.1) is 0 Å². The van der Waals surface area contributed by atoms with Crippen molar-refractivity contribution in [1.82, 2.24) is 0 Å². The summed E-state index contributed by atoms with van der Waals surface area (Å²) in [6.07, 6.45) is 0.337. The van der Waals surface area contributed by atoms with Gasteiger partial charge in [-0.2, -0.15) is 0 Å². The van der Waals surface area contributed by atoms with Crippen molar-refractivity contribution < 1.29 is 4.79 Å². The lowest BCUT2D eigenvalue weighted by molar-refractivity contribution is -0.115. The Bertz CT molecular complexity index is 616. The Kier molecular flexibility index (Phi) is 4.83. The van der Waals surface area contributed by atoms with Gasteiger partial charge in [0.2, 0.25) is 5.91 Å². The monoisotopic (exact) mass is 396 g/mol. The van der Waals surface area contributed by atoms with Gasteiger partial charge in [-0.05, 0) is 58.2 Å². The fourth-order valence-electron chi connectivity index (χ4n) is 1.90. The van der Waals surface area contributed by atoms with Gasteiger partial charge in [0.15, 0.2) is 0 Å². The highest BCUT2D eigenvalue weighted by Crippen LogP contribution is 2.29. The number of halogens is 2. The summed E-state index contributed by atoms with van der Waals surface area (Å²) in [5.74, 6) is -0.0547. The Hall–Kier alpha value is -1.33. The van der Waals surface area contributed by atoms with Crippen LogP contribution in [0.2, 0.25) is 0 Å². The number of anilines is 2. The molecular weight excluding hydrogens is 384 g/mol. The number of carbonyl (C=O) groups is 1. The van der Waals surface area contributed by atoms with Crippen molar-refractivity contribution in [1.29, 1.82) is 0 Å². The average Bonchev–Trinajstić information content (AvgIpc) is 2.36. The lowest BCUT2D eigenvalue weighted by Gasteiger charge is -2.11. The van der Waals surface area contributed by atoms with Crippen LogP contribution < -0.4 is 11.1 Å². The summed E-state index contributed by atoms with van der Waals surface area (Å²) < 4.78 is 1.79. The van der Waals surface area contributed by atoms with Crippen LogP contribution in [0.4, 0.5) is 11.4 Å². The molecule has 2 aromatic carbocycles. The van der Waals surface area contributed by atoms with Gasteiger partial charge in [0.05, 0.1) is 12.1 Å². The maximum absolute atomic E-state index is 12.1. The molecule has 0 aliphatic heterocycles. The molecule has 0 aromatic heterocycles. The lowest BCUT2D eigenvalue weighted by atomic mass is 10.1. The minimum atomic E-state index is -0.0547. The van der Waals surface area contributed by atoms with Crippen LogP contribution >= 0.6 is 31.9 Å². The largest absolute Gasteiger partial charge is 0.399 e. The second-order valence-corrected chi connectivity index (χ2v) is 6.32. The number of amides is 1. The zero-order chi connectivity index (χ0) is 14.7. The Balaban J connectivity index is 2.10. The van der Waals surface area contributed by atoms with Crippen LogP contribution in [0.25, 0.3) is 0 Å². The summed E-state index contributed by atoms with van der Waals surface area (Å²) in [5.41, 5.74) is 9.08. The molecule has 0 aliphatic rings. The fraction of sp³-hybridized carbons (Fsp3) is 0.133. The highest BCUT2D eigenvalue weighted by molar-refractivity contribution is 9.10. The minimum absolute atomic E-state index is 0.0547. The number of hydrogen-bond acceptors (Lipinski definition) is 2. The predicted molar refractivity (Wildman–Crippen MR) is 89.8 cm³/mol. The topological polar surface area (TPSA) is 55.1 Å². The van der Waals surface area contributed by atoms with E-state index in [4.69, 9.17) is 5.73 Å². The van der Waals surface area contributed by atoms with Gasteiger partial charge in [-0.1, -0.05) is 28.1 Å². The zero-order valence-corrected chi connectivity index (χ0v) is 14.1. The van der Waals surface area contributed by atoms with Crippen molar-refractivity contribution in [2.75, 3.05) is 11.1 Å². The first-order valence-electron chi connectivity index (χ1n) is 6.05. The van der Waals surface area contributed by atoms with Crippen molar-refractivity contribution in [3.63, 3.8) is 0 Å². The van der Waals surface area contributed by atoms with Gasteiger partial charge in [0.1, 0.15) is 0 Å². The van der Waals surface area contributed by atoms with Crippen LogP contribution in [-0.4, -0.2) is 5.91 Å². The first-order valence-corrected chi connectivity index (χ1v) is 7.64. The number of nitrogens with one attached hydrogen (secondary N) is 1. The molecule has 3 nitrogen and oxygen atoms in total. The van der Waals surface area contributed by atoms with Crippen molar-refractivity contribution in [2.24, 2.45) is 0 Å². The molecule has 0 saturated carbocycles. The standard InChI is InChI=1S/C15H14Br2N2O/c1-9-6-12(18)8-13(17)15(9)19-14(20)7-10-2-4-11(16)5-3-10/h2-6,8H,7,18H2,1H3,(H,19,20). The van der Waals surface area contributed by atoms with Gasteiger partial charge in [-0.3, -0.25) is 4.79 Å². The Morgan fingerprint density at radius 2 is 1.85 bits per heavy atom. The molecule has 104 valence electrons. The number of benzene rings is 2. The van der Waals surface area contributed by atoms with Gasteiger partial charge in [-0.25, -0.2) is 0 Å². The number of hydrogen-bond donors (Lipinski definition) is 2. The average molecular weight is 398 g/mol. The zero-order valence-electron chi connectivity index (χ0n) is 10.9. The molecule has 2 rings (SSSR count). The van der Waals surface area contributed by atoms with Crippen molar-refractivity contribution in [3.05, 3.63) is 56.5 Å². The van der Waals surface area contributed by atoms with Crippen LogP contribution in [-0.2, 0) is 11.2 Å². The predicted octanol–water partition coefficient (Wildman–Crippen LogP) is 4.28. The molecule has 0 spiro atoms. The molecule has 3 N–H and O–H groups in total. The molecule has 0 saturated heterocycles. The third kappa shape index (κ3) is 3.84. The molecular formula is C15H14Br2N2O. The molecule has 0 atom stereocenters. The number of carbonyl (C=O) groups excluding carboxylic acids is 1. The molecule has 0 fully saturated rings. The molecule has 0 aliphatic carbocycles. The molecule has 2 aromatic rings. The highest BCUT2D eigenvalue weighted by atomic mass is 79.9. The minimum Gasteiger partial charge on any atom is -0.399 e. The molecule has 0 bridgehead atoms. The van der Waals surface area contributed by atoms with E-state index < -0.39 is 0 Å². The van der Waals surface area contributed by atoms with Gasteiger partial charge < -0.3 is 11.1 Å². The van der Waals surface area contributed by atoms with Crippen LogP contribution in [0, 0.1) is 6.92 Å². The number of nitrogens with two attached hydrogens (primary N) is 1. The van der Waals surface area contributed by atoms with Crippen LogP contribution in [0.1, 0.15) is 11.1 Å². The first-order chi connectivity index (χ1) is 9.45. The second kappa shape index (κ2) is 6.41. The smallest absolute Gasteiger partial charge is 0.228 e. The molecule has 1 amide bonds. The summed E-state index contributed by atoms with van der Waals surface area (Å²) in [7, 11) is 0. The quantitative estimate of drug-likeness (QED) is 0.759. The Morgan fingerprint density at radius 3 is 2.45 bits per heavy atom. The van der Waals surface area contributed by atoms with Crippen LogP contribution in [0.5, 0.6) is 0 Å². The van der Waals surface area contributed by atoms with Crippen molar-refractivity contribution in [3.8, 4) is 0 Å². The van der Waals surface area contributed by atoms with Crippen molar-refractivity contribution >= 4 is 49.1 Å². The number of nitrogen functional groups attached to an aromatic ring is 1. The molecule has 20 heavy (non-hydrogen) atoms. The maximum Gasteiger partial charge on any atom is 0.228 e. The first kappa shape index (κ1) is 15.1. The van der Waals surface area contributed by atoms with Crippen molar-refractivity contribution in [2.45, 2.75) is 13.3 Å². The number of aryl methyl sites for hydroxylation is 1. The van der Waals surface area contributed by atoms with Gasteiger partial charge in [0.25, 0.3) is 0 Å². The van der Waals surface area contributed by atoms with E-state index in [9.17, 15) is 4.79 Å².